The highest BCUT2D eigenvalue weighted by molar-refractivity contribution is 5.95. The van der Waals surface area contributed by atoms with Crippen molar-refractivity contribution < 1.29 is 4.74 Å². The molecule has 0 saturated carbocycles. The van der Waals surface area contributed by atoms with Gasteiger partial charge in [-0.25, -0.2) is 0 Å². The van der Waals surface area contributed by atoms with Gasteiger partial charge in [-0.3, -0.25) is 9.67 Å². The maximum atomic E-state index is 9.50. The monoisotopic (exact) mass is 471 g/mol. The SMILES string of the molecule is CC1CN(c2ccc(C#N)c3ncccc23)CC(CN2CCC(n3ncc4c3CCNC4)CC2)O1. The lowest BCUT2D eigenvalue weighted by atomic mass is 10.0. The first-order valence-electron chi connectivity index (χ1n) is 12.9. The molecule has 2 unspecified atom stereocenters. The summed E-state index contributed by atoms with van der Waals surface area (Å²) in [5.74, 6) is 0. The molecule has 0 spiro atoms. The van der Waals surface area contributed by atoms with Crippen molar-refractivity contribution in [2.75, 3.05) is 44.2 Å². The third-order valence-electron chi connectivity index (χ3n) is 7.74. The Balaban J connectivity index is 1.12. The predicted molar refractivity (Wildman–Crippen MR) is 135 cm³/mol. The van der Waals surface area contributed by atoms with Crippen LogP contribution in [0.5, 0.6) is 0 Å². The van der Waals surface area contributed by atoms with Crippen LogP contribution in [0.25, 0.3) is 10.9 Å². The van der Waals surface area contributed by atoms with Crippen molar-refractivity contribution in [1.82, 2.24) is 25.0 Å². The minimum absolute atomic E-state index is 0.151. The number of nitrogens with zero attached hydrogens (tertiary/aromatic N) is 6. The van der Waals surface area contributed by atoms with Gasteiger partial charge in [0.1, 0.15) is 6.07 Å². The van der Waals surface area contributed by atoms with E-state index in [-0.39, 0.29) is 12.2 Å². The molecule has 2 saturated heterocycles. The maximum absolute atomic E-state index is 9.50. The van der Waals surface area contributed by atoms with E-state index in [0.29, 0.717) is 11.6 Å². The number of pyridine rings is 1. The van der Waals surface area contributed by atoms with Crippen LogP contribution in [0.2, 0.25) is 0 Å². The lowest BCUT2D eigenvalue weighted by molar-refractivity contribution is -0.0360. The number of rotatable bonds is 4. The number of likely N-dealkylation sites (tertiary alicyclic amines) is 1. The fourth-order valence-corrected chi connectivity index (χ4v) is 6.09. The molecular weight excluding hydrogens is 438 g/mol. The van der Waals surface area contributed by atoms with Gasteiger partial charge < -0.3 is 19.9 Å². The Morgan fingerprint density at radius 2 is 2.09 bits per heavy atom. The summed E-state index contributed by atoms with van der Waals surface area (Å²) in [5, 5.41) is 18.7. The largest absolute Gasteiger partial charge is 0.370 e. The van der Waals surface area contributed by atoms with Gasteiger partial charge in [0.2, 0.25) is 0 Å². The van der Waals surface area contributed by atoms with Crippen LogP contribution >= 0.6 is 0 Å². The molecule has 5 heterocycles. The van der Waals surface area contributed by atoms with E-state index in [4.69, 9.17) is 9.84 Å². The van der Waals surface area contributed by atoms with Crippen molar-refractivity contribution in [1.29, 1.82) is 5.26 Å². The van der Waals surface area contributed by atoms with Gasteiger partial charge in [0, 0.05) is 80.8 Å². The van der Waals surface area contributed by atoms with Crippen molar-refractivity contribution in [3.05, 3.63) is 53.5 Å². The van der Waals surface area contributed by atoms with Gasteiger partial charge in [-0.2, -0.15) is 10.4 Å². The average molecular weight is 472 g/mol. The Labute approximate surface area is 206 Å². The van der Waals surface area contributed by atoms with E-state index in [2.05, 4.69) is 56.1 Å². The number of nitrogens with one attached hydrogen (secondary N) is 1. The van der Waals surface area contributed by atoms with E-state index >= 15 is 0 Å². The first kappa shape index (κ1) is 22.5. The van der Waals surface area contributed by atoms with Gasteiger partial charge >= 0.3 is 0 Å². The smallest absolute Gasteiger partial charge is 0.101 e. The van der Waals surface area contributed by atoms with Crippen LogP contribution in [0.3, 0.4) is 0 Å². The van der Waals surface area contributed by atoms with Gasteiger partial charge in [-0.1, -0.05) is 0 Å². The summed E-state index contributed by atoms with van der Waals surface area (Å²) in [5.41, 5.74) is 5.35. The highest BCUT2D eigenvalue weighted by Crippen LogP contribution is 2.31. The van der Waals surface area contributed by atoms with Crippen LogP contribution in [0.15, 0.2) is 36.7 Å². The molecule has 2 aromatic heterocycles. The fraction of sp³-hybridized carbons (Fsp3) is 0.519. The molecule has 1 aromatic carbocycles. The van der Waals surface area contributed by atoms with Crippen molar-refractivity contribution >= 4 is 16.6 Å². The first-order valence-corrected chi connectivity index (χ1v) is 12.9. The van der Waals surface area contributed by atoms with E-state index in [9.17, 15) is 5.26 Å². The number of hydrogen-bond acceptors (Lipinski definition) is 7. The van der Waals surface area contributed by atoms with E-state index in [0.717, 1.165) is 81.7 Å². The topological polar surface area (TPSA) is 82.2 Å². The summed E-state index contributed by atoms with van der Waals surface area (Å²) in [6, 6.07) is 10.8. The van der Waals surface area contributed by atoms with Gasteiger partial charge in [0.15, 0.2) is 0 Å². The van der Waals surface area contributed by atoms with E-state index in [1.165, 1.54) is 11.3 Å². The minimum atomic E-state index is 0.151. The molecule has 6 rings (SSSR count). The van der Waals surface area contributed by atoms with Crippen molar-refractivity contribution in [2.45, 2.75) is 51.0 Å². The lowest BCUT2D eigenvalue weighted by Gasteiger charge is -2.41. The first-order chi connectivity index (χ1) is 17.2. The molecule has 0 aliphatic carbocycles. The Hall–Kier alpha value is -2.99. The molecule has 3 aromatic rings. The number of morpholine rings is 1. The Kier molecular flexibility index (Phi) is 6.15. The molecule has 182 valence electrons. The summed E-state index contributed by atoms with van der Waals surface area (Å²) in [7, 11) is 0. The van der Waals surface area contributed by atoms with Gasteiger partial charge in [0.25, 0.3) is 0 Å². The summed E-state index contributed by atoms with van der Waals surface area (Å²) in [4.78, 5) is 9.48. The molecule has 0 radical (unpaired) electrons. The van der Waals surface area contributed by atoms with E-state index < -0.39 is 0 Å². The van der Waals surface area contributed by atoms with Crippen molar-refractivity contribution in [3.8, 4) is 6.07 Å². The molecule has 2 fully saturated rings. The minimum Gasteiger partial charge on any atom is -0.370 e. The average Bonchev–Trinajstić information content (AvgIpc) is 3.32. The number of benzene rings is 1. The van der Waals surface area contributed by atoms with Crippen LogP contribution in [-0.2, 0) is 17.7 Å². The zero-order valence-corrected chi connectivity index (χ0v) is 20.4. The summed E-state index contributed by atoms with van der Waals surface area (Å²) < 4.78 is 8.71. The number of piperidine rings is 1. The second-order valence-electron chi connectivity index (χ2n) is 10.1. The fourth-order valence-electron chi connectivity index (χ4n) is 6.09. The number of nitriles is 1. The molecular formula is C27H33N7O. The van der Waals surface area contributed by atoms with Crippen LogP contribution in [-0.4, -0.2) is 71.1 Å². The van der Waals surface area contributed by atoms with Crippen molar-refractivity contribution in [3.63, 3.8) is 0 Å². The molecule has 8 nitrogen and oxygen atoms in total. The van der Waals surface area contributed by atoms with E-state index in [1.807, 2.05) is 12.1 Å². The summed E-state index contributed by atoms with van der Waals surface area (Å²) in [6.45, 7) is 8.95. The maximum Gasteiger partial charge on any atom is 0.101 e. The standard InChI is InChI=1S/C27H33N7O/c1-19-16-33(26-5-4-20(13-28)27-24(26)3-2-9-30-27)18-23(35-19)17-32-11-7-22(8-12-32)34-25-6-10-29-14-21(25)15-31-34/h2-5,9,15,19,22-23,29H,6-8,10-12,14,16-18H2,1H3. The summed E-state index contributed by atoms with van der Waals surface area (Å²) in [6.07, 6.45) is 7.48. The second-order valence-corrected chi connectivity index (χ2v) is 10.1. The highest BCUT2D eigenvalue weighted by atomic mass is 16.5. The molecule has 0 amide bonds. The predicted octanol–water partition coefficient (Wildman–Crippen LogP) is 2.88. The van der Waals surface area contributed by atoms with Crippen LogP contribution in [0, 0.1) is 11.3 Å². The highest BCUT2D eigenvalue weighted by Gasteiger charge is 2.31. The second kappa shape index (κ2) is 9.57. The number of aromatic nitrogens is 3. The van der Waals surface area contributed by atoms with Crippen molar-refractivity contribution in [2.24, 2.45) is 0 Å². The molecule has 3 aliphatic heterocycles. The number of ether oxygens (including phenoxy) is 1. The molecule has 3 aliphatic rings. The van der Waals surface area contributed by atoms with Crippen LogP contribution < -0.4 is 10.2 Å². The summed E-state index contributed by atoms with van der Waals surface area (Å²) >= 11 is 0. The quantitative estimate of drug-likeness (QED) is 0.627. The van der Waals surface area contributed by atoms with Gasteiger partial charge in [0.05, 0.1) is 35.5 Å². The number of hydrogen-bond donors (Lipinski definition) is 1. The van der Waals surface area contributed by atoms with Crippen LogP contribution in [0.4, 0.5) is 5.69 Å². The third kappa shape index (κ3) is 4.40. The molecule has 35 heavy (non-hydrogen) atoms. The third-order valence-corrected chi connectivity index (χ3v) is 7.74. The van der Waals surface area contributed by atoms with E-state index in [1.54, 1.807) is 6.20 Å². The molecule has 2 atom stereocenters. The number of fused-ring (bicyclic) bond motifs is 2. The van der Waals surface area contributed by atoms with Gasteiger partial charge in [-0.15, -0.1) is 0 Å². The lowest BCUT2D eigenvalue weighted by Crippen LogP contribution is -2.52. The Bertz CT molecular complexity index is 1240. The zero-order valence-electron chi connectivity index (χ0n) is 20.4. The molecule has 8 heteroatoms. The number of anilines is 1. The molecule has 0 bridgehead atoms. The van der Waals surface area contributed by atoms with Crippen LogP contribution in [0.1, 0.15) is 42.6 Å². The normalized spacial score (nSPS) is 23.8. The Morgan fingerprint density at radius 3 is 2.94 bits per heavy atom. The zero-order chi connectivity index (χ0) is 23.8. The van der Waals surface area contributed by atoms with Gasteiger partial charge in [-0.05, 0) is 44.0 Å². The Morgan fingerprint density at radius 1 is 1.20 bits per heavy atom. The molecule has 1 N–H and O–H groups in total.